The minimum atomic E-state index is -0.606. The Hall–Kier alpha value is -3.88. The van der Waals surface area contributed by atoms with Gasteiger partial charge in [-0.3, -0.25) is 14.7 Å². The van der Waals surface area contributed by atoms with Gasteiger partial charge in [0, 0.05) is 19.2 Å². The average Bonchev–Trinajstić information content (AvgIpc) is 3.32. The zero-order valence-corrected chi connectivity index (χ0v) is 17.4. The summed E-state index contributed by atoms with van der Waals surface area (Å²) in [5.74, 6) is 1.54. The first-order chi connectivity index (χ1) is 15.0. The number of rotatable bonds is 4. The summed E-state index contributed by atoms with van der Waals surface area (Å²) in [6, 6.07) is 14.5. The van der Waals surface area contributed by atoms with Gasteiger partial charge in [-0.05, 0) is 36.8 Å². The molecule has 2 aromatic carbocycles. The standard InChI is InChI=1S/C22H22N6O3/c1-13-5-4-6-14(11-13)12-27-17-19(29)23-22(30)26(2)20(17)28-18(24-25-21(27)28)15-7-9-16(31-3)10-8-15/h4-11,17,20H,12H2,1-3H3,(H,23,29,30). The topological polar surface area (TPSA) is 92.6 Å². The average molecular weight is 418 g/mol. The van der Waals surface area contributed by atoms with Crippen molar-refractivity contribution < 1.29 is 14.3 Å². The van der Waals surface area contributed by atoms with E-state index in [2.05, 4.69) is 21.6 Å². The van der Waals surface area contributed by atoms with Crippen LogP contribution in [0.5, 0.6) is 5.75 Å². The van der Waals surface area contributed by atoms with Gasteiger partial charge in [0.1, 0.15) is 11.9 Å². The number of urea groups is 1. The van der Waals surface area contributed by atoms with E-state index in [1.54, 1.807) is 14.2 Å². The van der Waals surface area contributed by atoms with Crippen molar-refractivity contribution in [3.05, 3.63) is 59.7 Å². The van der Waals surface area contributed by atoms with Crippen molar-refractivity contribution in [2.75, 3.05) is 19.1 Å². The number of hydrogen-bond donors (Lipinski definition) is 1. The molecular weight excluding hydrogens is 396 g/mol. The largest absolute Gasteiger partial charge is 0.497 e. The van der Waals surface area contributed by atoms with Crippen molar-refractivity contribution in [2.45, 2.75) is 25.7 Å². The first-order valence-corrected chi connectivity index (χ1v) is 9.97. The Bertz CT molecular complexity index is 1170. The zero-order chi connectivity index (χ0) is 21.7. The number of hydrogen-bond acceptors (Lipinski definition) is 6. The number of aromatic nitrogens is 3. The quantitative estimate of drug-likeness (QED) is 0.699. The number of benzene rings is 2. The number of fused-ring (bicyclic) bond motifs is 3. The molecule has 0 radical (unpaired) electrons. The van der Waals surface area contributed by atoms with E-state index in [1.165, 1.54) is 4.90 Å². The van der Waals surface area contributed by atoms with Crippen LogP contribution in [0.2, 0.25) is 0 Å². The van der Waals surface area contributed by atoms with Gasteiger partial charge in [0.15, 0.2) is 11.9 Å². The SMILES string of the molecule is COc1ccc(-c2nnc3n2C2C(C(=O)NC(=O)N2C)N3Cc2cccc(C)c2)cc1. The fourth-order valence-corrected chi connectivity index (χ4v) is 4.31. The highest BCUT2D eigenvalue weighted by Crippen LogP contribution is 2.41. The second-order valence-corrected chi connectivity index (χ2v) is 7.80. The number of carbonyl (C=O) groups excluding carboxylic acids is 2. The first kappa shape index (κ1) is 19.1. The molecule has 2 aliphatic rings. The molecule has 0 spiro atoms. The molecule has 2 atom stereocenters. The van der Waals surface area contributed by atoms with Gasteiger partial charge in [0.2, 0.25) is 5.95 Å². The number of carbonyl (C=O) groups is 2. The van der Waals surface area contributed by atoms with E-state index in [0.29, 0.717) is 18.3 Å². The van der Waals surface area contributed by atoms with E-state index in [0.717, 1.165) is 22.4 Å². The Labute approximate surface area is 179 Å². The van der Waals surface area contributed by atoms with Crippen molar-refractivity contribution in [1.82, 2.24) is 25.0 Å². The molecule has 31 heavy (non-hydrogen) atoms. The van der Waals surface area contributed by atoms with Gasteiger partial charge in [-0.1, -0.05) is 29.8 Å². The van der Waals surface area contributed by atoms with Crippen LogP contribution in [0.4, 0.5) is 10.7 Å². The second-order valence-electron chi connectivity index (χ2n) is 7.80. The van der Waals surface area contributed by atoms with E-state index in [1.807, 2.05) is 58.9 Å². The highest BCUT2D eigenvalue weighted by molar-refractivity contribution is 6.02. The second kappa shape index (κ2) is 7.12. The highest BCUT2D eigenvalue weighted by Gasteiger charge is 2.52. The lowest BCUT2D eigenvalue weighted by Crippen LogP contribution is -2.61. The lowest BCUT2D eigenvalue weighted by Gasteiger charge is -2.37. The number of imide groups is 1. The Morgan fingerprint density at radius 3 is 2.58 bits per heavy atom. The molecule has 158 valence electrons. The summed E-state index contributed by atoms with van der Waals surface area (Å²) in [6.45, 7) is 2.50. The third-order valence-corrected chi connectivity index (χ3v) is 5.82. The molecular formula is C22H22N6O3. The molecule has 3 heterocycles. The van der Waals surface area contributed by atoms with Crippen molar-refractivity contribution in [2.24, 2.45) is 0 Å². The Morgan fingerprint density at radius 2 is 1.87 bits per heavy atom. The molecule has 2 unspecified atom stereocenters. The number of aryl methyl sites for hydroxylation is 1. The summed E-state index contributed by atoms with van der Waals surface area (Å²) in [7, 11) is 3.29. The predicted molar refractivity (Wildman–Crippen MR) is 113 cm³/mol. The Morgan fingerprint density at radius 1 is 1.10 bits per heavy atom. The van der Waals surface area contributed by atoms with Gasteiger partial charge in [-0.2, -0.15) is 0 Å². The molecule has 9 heteroatoms. The molecule has 3 amide bonds. The molecule has 1 aromatic heterocycles. The van der Waals surface area contributed by atoms with Crippen LogP contribution < -0.4 is 15.0 Å². The minimum absolute atomic E-state index is 0.341. The minimum Gasteiger partial charge on any atom is -0.497 e. The van der Waals surface area contributed by atoms with E-state index in [9.17, 15) is 9.59 Å². The summed E-state index contributed by atoms with van der Waals surface area (Å²) < 4.78 is 7.12. The van der Waals surface area contributed by atoms with Crippen LogP contribution in [0.1, 0.15) is 17.3 Å². The van der Waals surface area contributed by atoms with Gasteiger partial charge in [-0.15, -0.1) is 10.2 Å². The molecule has 1 N–H and O–H groups in total. The van der Waals surface area contributed by atoms with Gasteiger partial charge in [0.05, 0.1) is 7.11 Å². The smallest absolute Gasteiger partial charge is 0.325 e. The van der Waals surface area contributed by atoms with Crippen molar-refractivity contribution in [3.63, 3.8) is 0 Å². The number of ether oxygens (including phenoxy) is 1. The molecule has 9 nitrogen and oxygen atoms in total. The third kappa shape index (κ3) is 3.00. The molecule has 0 saturated carbocycles. The summed E-state index contributed by atoms with van der Waals surface area (Å²) in [5.41, 5.74) is 3.00. The van der Waals surface area contributed by atoms with E-state index < -0.39 is 18.2 Å². The van der Waals surface area contributed by atoms with Crippen molar-refractivity contribution in [3.8, 4) is 17.1 Å². The van der Waals surface area contributed by atoms with Gasteiger partial charge in [0.25, 0.3) is 5.91 Å². The molecule has 3 aromatic rings. The van der Waals surface area contributed by atoms with Gasteiger partial charge in [-0.25, -0.2) is 4.79 Å². The van der Waals surface area contributed by atoms with Crippen LogP contribution in [0.15, 0.2) is 48.5 Å². The first-order valence-electron chi connectivity index (χ1n) is 9.97. The summed E-state index contributed by atoms with van der Waals surface area (Å²) in [4.78, 5) is 28.8. The molecule has 0 bridgehead atoms. The van der Waals surface area contributed by atoms with Crippen LogP contribution in [0.3, 0.4) is 0 Å². The van der Waals surface area contributed by atoms with Gasteiger partial charge < -0.3 is 14.5 Å². The van der Waals surface area contributed by atoms with E-state index >= 15 is 0 Å². The number of methoxy groups -OCH3 is 1. The zero-order valence-electron chi connectivity index (χ0n) is 17.4. The lowest BCUT2D eigenvalue weighted by molar-refractivity contribution is -0.124. The fourth-order valence-electron chi connectivity index (χ4n) is 4.31. The molecule has 1 fully saturated rings. The number of nitrogens with zero attached hydrogens (tertiary/aromatic N) is 5. The number of nitrogens with one attached hydrogen (secondary N) is 1. The van der Waals surface area contributed by atoms with Crippen molar-refractivity contribution >= 4 is 17.9 Å². The highest BCUT2D eigenvalue weighted by atomic mass is 16.5. The summed E-state index contributed by atoms with van der Waals surface area (Å²) >= 11 is 0. The predicted octanol–water partition coefficient (Wildman–Crippen LogP) is 2.33. The maximum atomic E-state index is 12.9. The van der Waals surface area contributed by atoms with Crippen LogP contribution in [-0.2, 0) is 11.3 Å². The van der Waals surface area contributed by atoms with E-state index in [4.69, 9.17) is 4.74 Å². The molecule has 1 saturated heterocycles. The van der Waals surface area contributed by atoms with Crippen LogP contribution in [-0.4, -0.2) is 51.8 Å². The monoisotopic (exact) mass is 418 g/mol. The van der Waals surface area contributed by atoms with Crippen molar-refractivity contribution in [1.29, 1.82) is 0 Å². The maximum Gasteiger partial charge on any atom is 0.325 e. The number of likely N-dealkylation sites (N-methyl/N-ethyl adjacent to an activating group) is 1. The maximum absolute atomic E-state index is 12.9. The normalized spacial score (nSPS) is 19.8. The molecule has 5 rings (SSSR count). The summed E-state index contributed by atoms with van der Waals surface area (Å²) in [5, 5.41) is 11.3. The summed E-state index contributed by atoms with van der Waals surface area (Å²) in [6.07, 6.45) is -0.548. The van der Waals surface area contributed by atoms with Gasteiger partial charge >= 0.3 is 6.03 Å². The number of amides is 3. The Balaban J connectivity index is 1.62. The Kier molecular flexibility index (Phi) is 4.39. The molecule has 2 aliphatic heterocycles. The number of anilines is 1. The van der Waals surface area contributed by atoms with Crippen LogP contribution >= 0.6 is 0 Å². The third-order valence-electron chi connectivity index (χ3n) is 5.82. The van der Waals surface area contributed by atoms with Crippen LogP contribution in [0, 0.1) is 6.92 Å². The lowest BCUT2D eigenvalue weighted by atomic mass is 10.1. The van der Waals surface area contributed by atoms with Crippen LogP contribution in [0.25, 0.3) is 11.4 Å². The molecule has 0 aliphatic carbocycles. The van der Waals surface area contributed by atoms with E-state index in [-0.39, 0.29) is 5.91 Å². The fraction of sp³-hybridized carbons (Fsp3) is 0.273.